The van der Waals surface area contributed by atoms with Gasteiger partial charge in [0, 0.05) is 26.5 Å². The van der Waals surface area contributed by atoms with Crippen LogP contribution in [0.2, 0.25) is 0 Å². The Morgan fingerprint density at radius 2 is 1.37 bits per heavy atom. The van der Waals surface area contributed by atoms with Gasteiger partial charge in [0.25, 0.3) is 0 Å². The quantitative estimate of drug-likeness (QED) is 0.172. The van der Waals surface area contributed by atoms with Gasteiger partial charge < -0.3 is 4.74 Å². The maximum Gasteiger partial charge on any atom is 0.339 e. The lowest BCUT2D eigenvalue weighted by atomic mass is 9.99. The first-order valence-corrected chi connectivity index (χ1v) is 11.9. The van der Waals surface area contributed by atoms with E-state index in [4.69, 9.17) is 9.72 Å². The van der Waals surface area contributed by atoms with E-state index in [0.29, 0.717) is 33.3 Å². The maximum atomic E-state index is 13.6. The van der Waals surface area contributed by atoms with Gasteiger partial charge in [0.2, 0.25) is 5.78 Å². The summed E-state index contributed by atoms with van der Waals surface area (Å²) in [5.41, 5.74) is 3.63. The fraction of sp³-hybridized carbons (Fsp3) is 0.0333. The third kappa shape index (κ3) is 4.91. The Morgan fingerprint density at radius 3 is 2.09 bits per heavy atom. The number of halogens is 1. The van der Waals surface area contributed by atoms with Crippen molar-refractivity contribution >= 4 is 38.6 Å². The van der Waals surface area contributed by atoms with Crippen LogP contribution in [0, 0.1) is 0 Å². The van der Waals surface area contributed by atoms with Crippen molar-refractivity contribution in [3.8, 4) is 11.3 Å². The second kappa shape index (κ2) is 10.0. The van der Waals surface area contributed by atoms with Gasteiger partial charge in [0.1, 0.15) is 0 Å². The second-order valence-electron chi connectivity index (χ2n) is 8.01. The van der Waals surface area contributed by atoms with Crippen molar-refractivity contribution in [3.05, 3.63) is 136 Å². The molecule has 0 spiro atoms. The third-order valence-corrected chi connectivity index (χ3v) is 6.23. The van der Waals surface area contributed by atoms with Crippen LogP contribution < -0.4 is 0 Å². The van der Waals surface area contributed by atoms with Crippen molar-refractivity contribution in [1.82, 2.24) is 4.98 Å². The number of carbonyl (C=O) groups is 2. The molecule has 5 rings (SSSR count). The molecule has 1 atom stereocenters. The molecule has 0 amide bonds. The van der Waals surface area contributed by atoms with E-state index in [1.165, 1.54) is 0 Å². The molecule has 0 bridgehead atoms. The number of nitrogens with zero attached hydrogens (tertiary/aromatic N) is 1. The molecule has 0 aliphatic carbocycles. The highest BCUT2D eigenvalue weighted by Crippen LogP contribution is 2.29. The van der Waals surface area contributed by atoms with Crippen LogP contribution in [-0.4, -0.2) is 16.7 Å². The molecule has 1 aromatic heterocycles. The number of fused-ring (bicyclic) bond motifs is 1. The summed E-state index contributed by atoms with van der Waals surface area (Å²) >= 11 is 3.45. The number of aromatic nitrogens is 1. The average Bonchev–Trinajstić information content (AvgIpc) is 2.92. The van der Waals surface area contributed by atoms with Crippen LogP contribution in [0.3, 0.4) is 0 Å². The van der Waals surface area contributed by atoms with E-state index >= 15 is 0 Å². The van der Waals surface area contributed by atoms with Crippen molar-refractivity contribution in [1.29, 1.82) is 0 Å². The molecule has 170 valence electrons. The molecule has 1 heterocycles. The number of ether oxygens (including phenoxy) is 1. The zero-order chi connectivity index (χ0) is 24.2. The normalized spacial score (nSPS) is 11.7. The SMILES string of the molecule is O=C(OC(C(=O)c1ccccc1)c1ccccc1)c1cc(-c2ccc(Br)cc2)nc2ccccc12. The smallest absolute Gasteiger partial charge is 0.339 e. The van der Waals surface area contributed by atoms with E-state index in [1.807, 2.05) is 72.8 Å². The highest BCUT2D eigenvalue weighted by atomic mass is 79.9. The molecule has 1 unspecified atom stereocenters. The molecule has 0 saturated carbocycles. The molecule has 0 N–H and O–H groups in total. The van der Waals surface area contributed by atoms with Crippen LogP contribution in [0.4, 0.5) is 0 Å². The predicted molar refractivity (Wildman–Crippen MR) is 140 cm³/mol. The lowest BCUT2D eigenvalue weighted by molar-refractivity contribution is 0.0282. The van der Waals surface area contributed by atoms with Crippen molar-refractivity contribution in [2.45, 2.75) is 6.10 Å². The standard InChI is InChI=1S/C30H20BrNO3/c31-23-17-15-20(16-18-23)27-19-25(24-13-7-8-14-26(24)32-27)30(34)35-29(22-11-5-2-6-12-22)28(33)21-9-3-1-4-10-21/h1-19,29H. The van der Waals surface area contributed by atoms with Crippen molar-refractivity contribution in [2.75, 3.05) is 0 Å². The Balaban J connectivity index is 1.57. The van der Waals surface area contributed by atoms with Crippen LogP contribution in [0.25, 0.3) is 22.2 Å². The number of pyridine rings is 1. The van der Waals surface area contributed by atoms with Crippen LogP contribution in [-0.2, 0) is 4.74 Å². The summed E-state index contributed by atoms with van der Waals surface area (Å²) in [5.74, 6) is -0.864. The largest absolute Gasteiger partial charge is 0.445 e. The van der Waals surface area contributed by atoms with Crippen molar-refractivity contribution in [2.24, 2.45) is 0 Å². The van der Waals surface area contributed by atoms with E-state index < -0.39 is 12.1 Å². The van der Waals surface area contributed by atoms with Gasteiger partial charge in [-0.3, -0.25) is 4.79 Å². The summed E-state index contributed by atoms with van der Waals surface area (Å²) in [4.78, 5) is 31.8. The number of ketones is 1. The Hall–Kier alpha value is -4.09. The summed E-state index contributed by atoms with van der Waals surface area (Å²) < 4.78 is 6.88. The number of para-hydroxylation sites is 1. The maximum absolute atomic E-state index is 13.6. The van der Waals surface area contributed by atoms with Gasteiger partial charge in [0.15, 0.2) is 6.10 Å². The number of rotatable bonds is 6. The van der Waals surface area contributed by atoms with Gasteiger partial charge in [-0.2, -0.15) is 0 Å². The zero-order valence-corrected chi connectivity index (χ0v) is 20.2. The van der Waals surface area contributed by atoms with Gasteiger partial charge in [-0.15, -0.1) is 0 Å². The van der Waals surface area contributed by atoms with E-state index in [2.05, 4.69) is 15.9 Å². The molecule has 0 aliphatic rings. The number of benzene rings is 4. The van der Waals surface area contributed by atoms with E-state index in [0.717, 1.165) is 10.0 Å². The molecular formula is C30H20BrNO3. The van der Waals surface area contributed by atoms with E-state index in [-0.39, 0.29) is 5.78 Å². The first-order chi connectivity index (χ1) is 17.1. The predicted octanol–water partition coefficient (Wildman–Crippen LogP) is 7.45. The lowest BCUT2D eigenvalue weighted by Gasteiger charge is -2.18. The lowest BCUT2D eigenvalue weighted by Crippen LogP contribution is -2.20. The molecule has 35 heavy (non-hydrogen) atoms. The summed E-state index contributed by atoms with van der Waals surface area (Å²) in [6, 6.07) is 34.8. The minimum atomic E-state index is -1.07. The van der Waals surface area contributed by atoms with Crippen LogP contribution >= 0.6 is 15.9 Å². The summed E-state index contributed by atoms with van der Waals surface area (Å²) in [6.07, 6.45) is -1.07. The number of carbonyl (C=O) groups excluding carboxylic acids is 2. The molecule has 4 nitrogen and oxygen atoms in total. The Labute approximate surface area is 211 Å². The average molecular weight is 522 g/mol. The number of esters is 1. The van der Waals surface area contributed by atoms with Gasteiger partial charge in [-0.05, 0) is 24.3 Å². The highest BCUT2D eigenvalue weighted by Gasteiger charge is 2.27. The first-order valence-electron chi connectivity index (χ1n) is 11.1. The third-order valence-electron chi connectivity index (χ3n) is 5.70. The van der Waals surface area contributed by atoms with Gasteiger partial charge in [0.05, 0.1) is 16.8 Å². The molecule has 0 aliphatic heterocycles. The Bertz CT molecular complexity index is 1500. The number of hydrogen-bond donors (Lipinski definition) is 0. The fourth-order valence-electron chi connectivity index (χ4n) is 3.94. The van der Waals surface area contributed by atoms with Crippen molar-refractivity contribution in [3.63, 3.8) is 0 Å². The molecule has 4 aromatic carbocycles. The Morgan fingerprint density at radius 1 is 0.743 bits per heavy atom. The number of hydrogen-bond acceptors (Lipinski definition) is 4. The van der Waals surface area contributed by atoms with Crippen LogP contribution in [0.15, 0.2) is 120 Å². The van der Waals surface area contributed by atoms with Crippen LogP contribution in [0.5, 0.6) is 0 Å². The topological polar surface area (TPSA) is 56.3 Å². The molecule has 5 heteroatoms. The highest BCUT2D eigenvalue weighted by molar-refractivity contribution is 9.10. The van der Waals surface area contributed by atoms with Gasteiger partial charge in [-0.1, -0.05) is 107 Å². The molecule has 5 aromatic rings. The first kappa shape index (κ1) is 22.7. The van der Waals surface area contributed by atoms with Gasteiger partial charge in [-0.25, -0.2) is 9.78 Å². The monoisotopic (exact) mass is 521 g/mol. The zero-order valence-electron chi connectivity index (χ0n) is 18.6. The van der Waals surface area contributed by atoms with E-state index in [1.54, 1.807) is 42.5 Å². The molecule has 0 radical (unpaired) electrons. The van der Waals surface area contributed by atoms with Crippen LogP contribution in [0.1, 0.15) is 32.4 Å². The van der Waals surface area contributed by atoms with Crippen molar-refractivity contribution < 1.29 is 14.3 Å². The number of Topliss-reactive ketones (excluding diaryl/α,β-unsaturated/α-hetero) is 1. The second-order valence-corrected chi connectivity index (χ2v) is 8.92. The summed E-state index contributed by atoms with van der Waals surface area (Å²) in [6.45, 7) is 0. The van der Waals surface area contributed by atoms with Gasteiger partial charge >= 0.3 is 5.97 Å². The molecule has 0 fully saturated rings. The molecular weight excluding hydrogens is 502 g/mol. The van der Waals surface area contributed by atoms with E-state index in [9.17, 15) is 9.59 Å². The summed E-state index contributed by atoms with van der Waals surface area (Å²) in [7, 11) is 0. The summed E-state index contributed by atoms with van der Waals surface area (Å²) in [5, 5.41) is 0.664. The fourth-order valence-corrected chi connectivity index (χ4v) is 4.20. The minimum Gasteiger partial charge on any atom is -0.445 e. The Kier molecular flexibility index (Phi) is 6.51. The minimum absolute atomic E-state index is 0.281. The molecule has 0 saturated heterocycles.